The van der Waals surface area contributed by atoms with Crippen molar-refractivity contribution in [1.29, 1.82) is 5.26 Å². The Balaban J connectivity index is 0.000000894. The first kappa shape index (κ1) is 52.3. The summed E-state index contributed by atoms with van der Waals surface area (Å²) in [6.45, 7) is 10.8. The van der Waals surface area contributed by atoms with Crippen molar-refractivity contribution in [1.82, 2.24) is 19.9 Å². The van der Waals surface area contributed by atoms with E-state index in [1.165, 1.54) is 57.4 Å². The third kappa shape index (κ3) is 15.7. The monoisotopic (exact) mass is 1240 g/mol. The molecule has 0 saturated heterocycles. The fourth-order valence-electron chi connectivity index (χ4n) is 4.52. The molecule has 0 bridgehead atoms. The Bertz CT molecular complexity index is 2070. The maximum absolute atomic E-state index is 13.2. The predicted molar refractivity (Wildman–Crippen MR) is 235 cm³/mol. The molecule has 0 aliphatic rings. The molecule has 0 unspecified atom stereocenters. The number of sulfonamides is 2. The van der Waals surface area contributed by atoms with Crippen LogP contribution in [0.15, 0.2) is 48.5 Å². The van der Waals surface area contributed by atoms with Gasteiger partial charge in [-0.3, -0.25) is 0 Å². The zero-order valence-electron chi connectivity index (χ0n) is 31.3. The van der Waals surface area contributed by atoms with Gasteiger partial charge in [0, 0.05) is 37.7 Å². The summed E-state index contributed by atoms with van der Waals surface area (Å²) >= 11 is 5.30. The van der Waals surface area contributed by atoms with Crippen LogP contribution in [0.1, 0.15) is 69.0 Å². The molecule has 2 aromatic carbocycles. The second-order valence-corrected chi connectivity index (χ2v) is 32.1. The summed E-state index contributed by atoms with van der Waals surface area (Å²) in [6, 6.07) is 13.3. The van der Waals surface area contributed by atoms with Gasteiger partial charge in [0.15, 0.2) is 0 Å². The van der Waals surface area contributed by atoms with Gasteiger partial charge in [0.2, 0.25) is 31.9 Å². The molecule has 1 N–H and O–H groups in total. The zero-order chi connectivity index (χ0) is 40.8. The number of rotatable bonds is 9. The Labute approximate surface area is 364 Å². The molecule has 0 spiro atoms. The van der Waals surface area contributed by atoms with Crippen LogP contribution in [0.3, 0.4) is 0 Å². The normalized spacial score (nSPS) is 10.8. The quantitative estimate of drug-likeness (QED) is 0.216. The first-order valence-corrected chi connectivity index (χ1v) is 31.8. The predicted octanol–water partition coefficient (Wildman–Crippen LogP) is 5.33. The van der Waals surface area contributed by atoms with Crippen molar-refractivity contribution in [2.24, 2.45) is 0 Å². The van der Waals surface area contributed by atoms with Gasteiger partial charge in [-0.2, -0.15) is 5.26 Å². The number of anilines is 2. The maximum atomic E-state index is 13.2. The molecule has 0 fully saturated rings. The molecule has 0 saturated carbocycles. The molecule has 20 heteroatoms. The molecule has 4 aromatic rings. The minimum absolute atomic E-state index is 0. The fraction of sp³-hybridized carbons (Fsp3) is 0.382. The molecule has 2 aromatic heterocycles. The molecule has 0 aliphatic carbocycles. The molecule has 4 rings (SSSR count). The van der Waals surface area contributed by atoms with E-state index in [2.05, 4.69) is 57.2 Å². The molecule has 0 amide bonds. The zero-order valence-corrected chi connectivity index (χ0v) is 41.7. The van der Waals surface area contributed by atoms with Crippen molar-refractivity contribution in [3.8, 4) is 28.6 Å². The van der Waals surface area contributed by atoms with Crippen molar-refractivity contribution >= 4 is 93.2 Å². The van der Waals surface area contributed by atoms with Crippen LogP contribution in [0.25, 0.3) is 22.5 Å². The number of aliphatic hydroxyl groups excluding tert-OH is 1. The number of aromatic nitrogens is 4. The Morgan fingerprint density at radius 2 is 1.07 bits per heavy atom. The third-order valence-corrected chi connectivity index (χ3v) is 9.56. The number of nitrogens with zero attached hydrogens (tertiary/aromatic N) is 7. The third-order valence-electron chi connectivity index (χ3n) is 7.24. The molecule has 0 aliphatic heterocycles. The molecule has 0 radical (unpaired) electrons. The van der Waals surface area contributed by atoms with Gasteiger partial charge in [-0.15, -0.1) is 24.0 Å². The molecular formula is C34H44F2I4N7O5S2-. The summed E-state index contributed by atoms with van der Waals surface area (Å²) in [5.41, 5.74) is 4.97. The number of halogens is 6. The first-order valence-electron chi connectivity index (χ1n) is 15.6. The van der Waals surface area contributed by atoms with E-state index in [1.54, 1.807) is 18.2 Å². The standard InChI is InChI=1S/C16H20FN3O3S.C16H20FN3O2S.C2H3N.I3.HI/c1-10(2)14-13(9-21)15(11-5-7-12(17)8-6-11)19-16(18-14)20(3)24(4,22)23;1-10(2)14-11(3)15(12-6-8-13(17)9-7-12)19-16(18-14)20(4)23(5,21)22;1-2-3;1-3-2;/h5-8,10,21H,9H2,1-4H3;6-10H,1-5H3;1H3;;1H/q;;;-1;. The van der Waals surface area contributed by atoms with Crippen LogP contribution in [-0.4, -0.2) is 68.5 Å². The van der Waals surface area contributed by atoms with E-state index >= 15 is 0 Å². The summed E-state index contributed by atoms with van der Waals surface area (Å²) in [5, 5.41) is 17.1. The average Bonchev–Trinajstić information content (AvgIpc) is 3.08. The number of aliphatic hydroxyl groups is 1. The van der Waals surface area contributed by atoms with Crippen molar-refractivity contribution in [3.05, 3.63) is 82.7 Å². The number of hydrogen-bond acceptors (Lipinski definition) is 10. The van der Waals surface area contributed by atoms with E-state index in [9.17, 15) is 30.7 Å². The van der Waals surface area contributed by atoms with E-state index in [1.807, 2.05) is 34.6 Å². The van der Waals surface area contributed by atoms with E-state index in [0.717, 1.165) is 37.9 Å². The summed E-state index contributed by atoms with van der Waals surface area (Å²) in [7, 11) is -4.23. The minimum atomic E-state index is -3.54. The Morgan fingerprint density at radius 1 is 0.759 bits per heavy atom. The molecule has 54 heavy (non-hydrogen) atoms. The Morgan fingerprint density at radius 3 is 1.39 bits per heavy atom. The summed E-state index contributed by atoms with van der Waals surface area (Å²) in [6.07, 6.45) is 2.16. The van der Waals surface area contributed by atoms with Gasteiger partial charge >= 0.3 is 50.5 Å². The summed E-state index contributed by atoms with van der Waals surface area (Å²) in [4.78, 5) is 17.4. The van der Waals surface area contributed by atoms with Crippen LogP contribution in [0.5, 0.6) is 0 Å². The molecular weight excluding hydrogens is 1200 g/mol. The molecule has 2 heterocycles. The average molecular weight is 1240 g/mol. The van der Waals surface area contributed by atoms with Crippen LogP contribution >= 0.6 is 61.2 Å². The van der Waals surface area contributed by atoms with Crippen LogP contribution in [0.2, 0.25) is 0 Å². The van der Waals surface area contributed by atoms with Gasteiger partial charge in [-0.25, -0.2) is 54.2 Å². The van der Waals surface area contributed by atoms with Gasteiger partial charge in [0.1, 0.15) is 11.6 Å². The second-order valence-electron chi connectivity index (χ2n) is 11.8. The topological polar surface area (TPSA) is 170 Å². The van der Waals surface area contributed by atoms with Gasteiger partial charge in [-0.1, -0.05) is 27.7 Å². The number of benzene rings is 2. The van der Waals surface area contributed by atoms with Gasteiger partial charge in [0.05, 0.1) is 48.0 Å². The van der Waals surface area contributed by atoms with Crippen LogP contribution in [0, 0.1) is 29.9 Å². The van der Waals surface area contributed by atoms with E-state index < -0.39 is 25.9 Å². The van der Waals surface area contributed by atoms with Crippen LogP contribution < -0.4 is 21.9 Å². The van der Waals surface area contributed by atoms with E-state index in [0.29, 0.717) is 41.5 Å². The molecule has 0 atom stereocenters. The SMILES string of the molecule is CC#N.CC(C)c1nc(N(C)S(C)(=O)=O)nc(-c2ccc(F)cc2)c1CO.Cc1c(-c2ccc(F)cc2)nc(N(C)S(C)(=O)=O)nc1C(C)C.I.I[I-]I. The van der Waals surface area contributed by atoms with E-state index in [4.69, 9.17) is 5.26 Å². The van der Waals surface area contributed by atoms with Crippen LogP contribution in [-0.2, 0) is 26.7 Å². The van der Waals surface area contributed by atoms with Gasteiger partial charge < -0.3 is 5.11 Å². The van der Waals surface area contributed by atoms with E-state index in [-0.39, 0.29) is 60.1 Å². The molecule has 300 valence electrons. The number of hydrogen-bond donors (Lipinski definition) is 1. The summed E-state index contributed by atoms with van der Waals surface area (Å²) in [5.74, 6) is -0.558. The van der Waals surface area contributed by atoms with Crippen molar-refractivity contribution < 1.29 is 44.0 Å². The van der Waals surface area contributed by atoms with Gasteiger partial charge in [-0.05, 0) is 72.9 Å². The summed E-state index contributed by atoms with van der Waals surface area (Å²) < 4.78 is 75.6. The molecule has 12 nitrogen and oxygen atoms in total. The first-order chi connectivity index (χ1) is 24.6. The van der Waals surface area contributed by atoms with Crippen molar-refractivity contribution in [2.45, 2.75) is 60.0 Å². The Kier molecular flexibility index (Phi) is 23.4. The van der Waals surface area contributed by atoms with Crippen molar-refractivity contribution in [3.63, 3.8) is 0 Å². The van der Waals surface area contributed by atoms with Crippen molar-refractivity contribution in [2.75, 3.05) is 35.2 Å². The van der Waals surface area contributed by atoms with Gasteiger partial charge in [0.25, 0.3) is 0 Å². The fourth-order valence-corrected chi connectivity index (χ4v) is 5.28. The Hall–Kier alpha value is -1.67. The second kappa shape index (κ2) is 24.2. The number of nitriles is 1. The van der Waals surface area contributed by atoms with Crippen LogP contribution in [0.4, 0.5) is 20.7 Å².